The van der Waals surface area contributed by atoms with Gasteiger partial charge in [0.15, 0.2) is 5.65 Å². The van der Waals surface area contributed by atoms with Crippen LogP contribution in [0.5, 0.6) is 5.75 Å². The number of nitrogens with zero attached hydrogens (tertiary/aromatic N) is 7. The van der Waals surface area contributed by atoms with Gasteiger partial charge in [-0.25, -0.2) is 9.50 Å². The van der Waals surface area contributed by atoms with E-state index in [0.29, 0.717) is 24.8 Å². The molecule has 6 rings (SSSR count). The second-order valence-corrected chi connectivity index (χ2v) is 11.9. The van der Waals surface area contributed by atoms with Crippen LogP contribution in [0.2, 0.25) is 5.02 Å². The molecule has 11 nitrogen and oxygen atoms in total. The van der Waals surface area contributed by atoms with Crippen molar-refractivity contribution >= 4 is 46.5 Å². The average molecular weight is 631 g/mol. The zero-order chi connectivity index (χ0) is 29.9. The van der Waals surface area contributed by atoms with Crippen LogP contribution in [0.25, 0.3) is 16.9 Å². The van der Waals surface area contributed by atoms with E-state index in [1.807, 2.05) is 16.7 Å². The van der Waals surface area contributed by atoms with Gasteiger partial charge in [0.1, 0.15) is 23.6 Å². The monoisotopic (exact) mass is 630 g/mol. The molecule has 0 atom stereocenters. The fourth-order valence-electron chi connectivity index (χ4n) is 5.52. The Bertz CT molecular complexity index is 1620. The largest absolute Gasteiger partial charge is 0.434 e. The topological polar surface area (TPSA) is 110 Å². The predicted molar refractivity (Wildman–Crippen MR) is 159 cm³/mol. The summed E-state index contributed by atoms with van der Waals surface area (Å²) in [5, 5.41) is 11.7. The second kappa shape index (κ2) is 12.9. The van der Waals surface area contributed by atoms with Gasteiger partial charge >= 0.3 is 6.61 Å². The van der Waals surface area contributed by atoms with Gasteiger partial charge in [-0.1, -0.05) is 11.6 Å². The molecular formula is C28H29ClF2N8O3S. The summed E-state index contributed by atoms with van der Waals surface area (Å²) in [6.45, 7) is 0.260. The fraction of sp³-hybridized carbons (Fsp3) is 0.393. The fourth-order valence-corrected chi connectivity index (χ4v) is 6.62. The minimum atomic E-state index is -3.10. The Balaban J connectivity index is 1.25. The molecule has 2 saturated heterocycles. The number of aromatic nitrogens is 5. The minimum absolute atomic E-state index is 0.0994. The third-order valence-corrected chi connectivity index (χ3v) is 8.80. The zero-order valence-corrected chi connectivity index (χ0v) is 24.6. The molecule has 5 heterocycles. The van der Waals surface area contributed by atoms with Gasteiger partial charge in [-0.05, 0) is 37.1 Å². The van der Waals surface area contributed by atoms with Crippen LogP contribution in [0, 0.1) is 0 Å². The predicted octanol–water partition coefficient (Wildman–Crippen LogP) is 4.14. The number of thioether (sulfide) groups is 1. The quantitative estimate of drug-likeness (QED) is 0.309. The Morgan fingerprint density at radius 1 is 1.16 bits per heavy atom. The Labute approximate surface area is 255 Å². The van der Waals surface area contributed by atoms with Gasteiger partial charge in [0.2, 0.25) is 5.91 Å². The summed E-state index contributed by atoms with van der Waals surface area (Å²) in [6.07, 6.45) is 7.89. The summed E-state index contributed by atoms with van der Waals surface area (Å²) in [5.41, 5.74) is 0.954. The molecule has 0 radical (unpaired) electrons. The molecule has 2 aliphatic rings. The second-order valence-electron chi connectivity index (χ2n) is 10.3. The number of carbonyl (C=O) groups is 2. The van der Waals surface area contributed by atoms with Crippen molar-refractivity contribution in [1.82, 2.24) is 34.2 Å². The molecule has 2 aliphatic heterocycles. The number of likely N-dealkylation sites (tertiary alicyclic amines) is 1. The maximum absolute atomic E-state index is 13.3. The van der Waals surface area contributed by atoms with E-state index in [4.69, 9.17) is 16.3 Å². The Morgan fingerprint density at radius 2 is 1.95 bits per heavy atom. The van der Waals surface area contributed by atoms with Crippen LogP contribution in [0.15, 0.2) is 49.1 Å². The molecule has 2 fully saturated rings. The first-order valence-electron chi connectivity index (χ1n) is 13.9. The first-order valence-corrected chi connectivity index (χ1v) is 15.4. The smallest absolute Gasteiger partial charge is 0.387 e. The molecule has 3 aromatic heterocycles. The summed E-state index contributed by atoms with van der Waals surface area (Å²) >= 11 is 8.20. The Morgan fingerprint density at radius 3 is 2.72 bits per heavy atom. The molecule has 0 aliphatic carbocycles. The summed E-state index contributed by atoms with van der Waals surface area (Å²) in [7, 11) is 0. The molecule has 43 heavy (non-hydrogen) atoms. The SMILES string of the molecule is O=C(Nc1cn(CC(=O)N2CCC(N3CCSCC3)CC2)nc1-c1cc(Cl)ccc1OC(F)F)c1cnn2cccnc12. The van der Waals surface area contributed by atoms with Gasteiger partial charge < -0.3 is 15.0 Å². The third kappa shape index (κ3) is 6.60. The number of alkyl halides is 2. The van der Waals surface area contributed by atoms with Crippen LogP contribution in [-0.2, 0) is 11.3 Å². The molecule has 0 spiro atoms. The minimum Gasteiger partial charge on any atom is -0.434 e. The Kier molecular flexibility index (Phi) is 8.77. The molecule has 0 bridgehead atoms. The van der Waals surface area contributed by atoms with E-state index in [1.165, 1.54) is 46.0 Å². The van der Waals surface area contributed by atoms with E-state index in [9.17, 15) is 18.4 Å². The van der Waals surface area contributed by atoms with E-state index < -0.39 is 12.5 Å². The van der Waals surface area contributed by atoms with Crippen molar-refractivity contribution in [3.8, 4) is 17.0 Å². The van der Waals surface area contributed by atoms with Crippen LogP contribution >= 0.6 is 23.4 Å². The number of carbonyl (C=O) groups excluding carboxylic acids is 2. The standard InChI is InChI=1S/C28H29ClF2N8O3S/c29-18-2-3-23(42-28(30)31)20(14-18)25-22(34-27(41)21-15-33-39-7-1-6-32-26(21)39)16-38(35-25)17-24(40)37-8-4-19(5-9-37)36-10-12-43-13-11-36/h1-3,6-7,14-16,19,28H,4-5,8-13,17H2,(H,34,41). The third-order valence-electron chi connectivity index (χ3n) is 7.62. The lowest BCUT2D eigenvalue weighted by molar-refractivity contribution is -0.133. The molecule has 0 unspecified atom stereocenters. The molecule has 226 valence electrons. The maximum Gasteiger partial charge on any atom is 0.387 e. The number of amides is 2. The van der Waals surface area contributed by atoms with Crippen molar-refractivity contribution in [2.75, 3.05) is 43.0 Å². The van der Waals surface area contributed by atoms with Gasteiger partial charge in [-0.3, -0.25) is 19.2 Å². The molecule has 0 saturated carbocycles. The summed E-state index contributed by atoms with van der Waals surface area (Å²) in [6, 6.07) is 6.30. The highest BCUT2D eigenvalue weighted by molar-refractivity contribution is 7.99. The van der Waals surface area contributed by atoms with Gasteiger partial charge in [-0.2, -0.15) is 30.7 Å². The van der Waals surface area contributed by atoms with E-state index >= 15 is 0 Å². The summed E-state index contributed by atoms with van der Waals surface area (Å²) in [4.78, 5) is 35.2. The highest BCUT2D eigenvalue weighted by Crippen LogP contribution is 2.37. The first kappa shape index (κ1) is 29.3. The molecule has 15 heteroatoms. The Hall–Kier alpha value is -3.75. The van der Waals surface area contributed by atoms with Crippen molar-refractivity contribution in [3.63, 3.8) is 0 Å². The van der Waals surface area contributed by atoms with Gasteiger partial charge in [0.05, 0.1) is 11.9 Å². The molecule has 2 amide bonds. The van der Waals surface area contributed by atoms with Gasteiger partial charge in [0, 0.05) is 72.9 Å². The number of nitrogens with one attached hydrogen (secondary N) is 1. The molecular weight excluding hydrogens is 602 g/mol. The van der Waals surface area contributed by atoms with Crippen molar-refractivity contribution in [2.24, 2.45) is 0 Å². The highest BCUT2D eigenvalue weighted by atomic mass is 35.5. The number of anilines is 1. The normalized spacial score (nSPS) is 16.6. The van der Waals surface area contributed by atoms with Crippen LogP contribution in [0.3, 0.4) is 0 Å². The number of hydrogen-bond donors (Lipinski definition) is 1. The lowest BCUT2D eigenvalue weighted by atomic mass is 10.0. The lowest BCUT2D eigenvalue weighted by Gasteiger charge is -2.40. The van der Waals surface area contributed by atoms with Crippen molar-refractivity contribution in [3.05, 3.63) is 59.6 Å². The van der Waals surface area contributed by atoms with Gasteiger partial charge in [0.25, 0.3) is 5.91 Å². The van der Waals surface area contributed by atoms with Crippen LogP contribution < -0.4 is 10.1 Å². The van der Waals surface area contributed by atoms with Gasteiger partial charge in [-0.15, -0.1) is 0 Å². The lowest BCUT2D eigenvalue weighted by Crippen LogP contribution is -2.49. The number of fused-ring (bicyclic) bond motifs is 1. The average Bonchev–Trinajstić information content (AvgIpc) is 3.62. The first-order chi connectivity index (χ1) is 20.9. The number of halogens is 3. The molecule has 1 N–H and O–H groups in total. The van der Waals surface area contributed by atoms with Crippen LogP contribution in [0.1, 0.15) is 23.2 Å². The van der Waals surface area contributed by atoms with Crippen molar-refractivity contribution < 1.29 is 23.1 Å². The summed E-state index contributed by atoms with van der Waals surface area (Å²) < 4.78 is 34.1. The van der Waals surface area contributed by atoms with Crippen molar-refractivity contribution in [1.29, 1.82) is 0 Å². The van der Waals surface area contributed by atoms with Crippen molar-refractivity contribution in [2.45, 2.75) is 32.0 Å². The maximum atomic E-state index is 13.3. The molecule has 1 aromatic carbocycles. The number of benzene rings is 1. The number of ether oxygens (including phenoxy) is 1. The zero-order valence-electron chi connectivity index (χ0n) is 23.0. The molecule has 4 aromatic rings. The van der Waals surface area contributed by atoms with E-state index in [1.54, 1.807) is 12.3 Å². The van der Waals surface area contributed by atoms with E-state index in [-0.39, 0.29) is 45.7 Å². The van der Waals surface area contributed by atoms with Crippen LogP contribution in [0.4, 0.5) is 14.5 Å². The number of hydrogen-bond acceptors (Lipinski definition) is 8. The number of piperidine rings is 1. The summed E-state index contributed by atoms with van der Waals surface area (Å²) in [5.74, 6) is 1.44. The highest BCUT2D eigenvalue weighted by Gasteiger charge is 2.29. The van der Waals surface area contributed by atoms with Crippen LogP contribution in [-0.4, -0.2) is 96.3 Å². The van der Waals surface area contributed by atoms with E-state index in [2.05, 4.69) is 25.4 Å². The van der Waals surface area contributed by atoms with E-state index in [0.717, 1.165) is 37.4 Å². The number of rotatable bonds is 8.